The van der Waals surface area contributed by atoms with E-state index in [1.807, 2.05) is 54.6 Å². The molecule has 1 amide bonds. The van der Waals surface area contributed by atoms with Crippen LogP contribution in [0, 0.1) is 0 Å². The number of ether oxygens (including phenoxy) is 1. The predicted octanol–water partition coefficient (Wildman–Crippen LogP) is 6.46. The van der Waals surface area contributed by atoms with Crippen LogP contribution in [0.2, 0.25) is 0 Å². The minimum atomic E-state index is -0.234. The molecule has 5 nitrogen and oxygen atoms in total. The van der Waals surface area contributed by atoms with Gasteiger partial charge in [0, 0.05) is 5.39 Å². The van der Waals surface area contributed by atoms with E-state index in [1.165, 1.54) is 16.9 Å². The van der Waals surface area contributed by atoms with Crippen molar-refractivity contribution >= 4 is 43.6 Å². The number of aromatic nitrogens is 1. The molecule has 0 aliphatic carbocycles. The van der Waals surface area contributed by atoms with Crippen LogP contribution in [-0.2, 0) is 13.0 Å². The lowest BCUT2D eigenvalue weighted by Crippen LogP contribution is -2.30. The van der Waals surface area contributed by atoms with Crippen molar-refractivity contribution in [2.75, 3.05) is 12.0 Å². The van der Waals surface area contributed by atoms with Gasteiger partial charge in [0.05, 0.1) is 23.9 Å². The maximum Gasteiger partial charge on any atom is 0.296 e. The highest BCUT2D eigenvalue weighted by Gasteiger charge is 2.25. The fourth-order valence-electron chi connectivity index (χ4n) is 3.72. The molecule has 5 aromatic rings. The number of carbonyl (C=O) groups is 1. The number of fused-ring (bicyclic) bond motifs is 2. The summed E-state index contributed by atoms with van der Waals surface area (Å²) in [5.74, 6) is 0.624. The molecule has 0 aliphatic rings. The summed E-state index contributed by atoms with van der Waals surface area (Å²) in [5.41, 5.74) is 3.72. The lowest BCUT2D eigenvalue weighted by molar-refractivity contribution is 0.0960. The number of para-hydroxylation sites is 1. The number of aryl methyl sites for hydroxylation is 1. The van der Waals surface area contributed by atoms with Crippen LogP contribution in [0.15, 0.2) is 77.2 Å². The van der Waals surface area contributed by atoms with Gasteiger partial charge in [-0.1, -0.05) is 66.8 Å². The van der Waals surface area contributed by atoms with E-state index in [0.717, 1.165) is 27.6 Å². The third kappa shape index (κ3) is 3.74. The Hall–Kier alpha value is -3.64. The minimum Gasteiger partial charge on any atom is -0.493 e. The Balaban J connectivity index is 1.59. The van der Waals surface area contributed by atoms with Crippen molar-refractivity contribution in [2.24, 2.45) is 0 Å². The summed E-state index contributed by atoms with van der Waals surface area (Å²) < 4.78 is 12.4. The largest absolute Gasteiger partial charge is 0.493 e. The van der Waals surface area contributed by atoms with Gasteiger partial charge < -0.3 is 9.15 Å². The number of rotatable bonds is 6. The minimum absolute atomic E-state index is 0.234. The number of nitrogens with zero attached hydrogens (tertiary/aromatic N) is 2. The molecular weight excluding hydrogens is 420 g/mol. The number of methoxy groups -OCH3 is 1. The summed E-state index contributed by atoms with van der Waals surface area (Å²) in [6.45, 7) is 2.53. The first kappa shape index (κ1) is 20.3. The SMILES string of the molecule is CCc1ccc2nc(N(Cc3ccccc3)C(=O)c3cc4cccc(OC)c4o3)sc2c1. The maximum absolute atomic E-state index is 13.7. The van der Waals surface area contributed by atoms with E-state index in [1.54, 1.807) is 18.1 Å². The molecule has 6 heteroatoms. The third-order valence-electron chi connectivity index (χ3n) is 5.45. The van der Waals surface area contributed by atoms with Crippen molar-refractivity contribution in [2.45, 2.75) is 19.9 Å². The maximum atomic E-state index is 13.7. The Kier molecular flexibility index (Phi) is 5.37. The molecule has 0 aliphatic heterocycles. The second-order valence-electron chi connectivity index (χ2n) is 7.52. The predicted molar refractivity (Wildman–Crippen MR) is 129 cm³/mol. The first-order valence-corrected chi connectivity index (χ1v) is 11.3. The van der Waals surface area contributed by atoms with Gasteiger partial charge in [-0.05, 0) is 41.8 Å². The van der Waals surface area contributed by atoms with Crippen LogP contribution in [0.4, 0.5) is 5.13 Å². The molecule has 0 atom stereocenters. The van der Waals surface area contributed by atoms with Crippen LogP contribution in [0.1, 0.15) is 28.6 Å². The molecule has 0 spiro atoms. The normalized spacial score (nSPS) is 11.2. The fraction of sp³-hybridized carbons (Fsp3) is 0.154. The van der Waals surface area contributed by atoms with E-state index in [4.69, 9.17) is 14.1 Å². The van der Waals surface area contributed by atoms with Crippen LogP contribution in [-0.4, -0.2) is 18.0 Å². The molecule has 3 aromatic carbocycles. The molecule has 0 N–H and O–H groups in total. The molecule has 32 heavy (non-hydrogen) atoms. The first-order valence-electron chi connectivity index (χ1n) is 10.5. The summed E-state index contributed by atoms with van der Waals surface area (Å²) in [6.07, 6.45) is 0.955. The van der Waals surface area contributed by atoms with E-state index in [0.29, 0.717) is 23.0 Å². The van der Waals surface area contributed by atoms with E-state index in [2.05, 4.69) is 19.1 Å². The molecule has 2 heterocycles. The molecule has 0 unspecified atom stereocenters. The number of thiazole rings is 1. The topological polar surface area (TPSA) is 55.6 Å². The van der Waals surface area contributed by atoms with Crippen LogP contribution in [0.3, 0.4) is 0 Å². The van der Waals surface area contributed by atoms with Crippen molar-refractivity contribution in [3.8, 4) is 5.75 Å². The van der Waals surface area contributed by atoms with E-state index < -0.39 is 0 Å². The van der Waals surface area contributed by atoms with Crippen molar-refractivity contribution in [1.29, 1.82) is 0 Å². The van der Waals surface area contributed by atoms with Gasteiger partial charge in [0.25, 0.3) is 5.91 Å². The van der Waals surface area contributed by atoms with Crippen molar-refractivity contribution in [3.63, 3.8) is 0 Å². The molecule has 5 rings (SSSR count). The summed E-state index contributed by atoms with van der Waals surface area (Å²) in [6, 6.07) is 23.5. The zero-order valence-corrected chi connectivity index (χ0v) is 18.7. The second-order valence-corrected chi connectivity index (χ2v) is 8.53. The third-order valence-corrected chi connectivity index (χ3v) is 6.49. The Labute approximate surface area is 189 Å². The number of hydrogen-bond acceptors (Lipinski definition) is 5. The Morgan fingerprint density at radius 2 is 1.88 bits per heavy atom. The molecule has 0 bridgehead atoms. The van der Waals surface area contributed by atoms with Crippen molar-refractivity contribution in [1.82, 2.24) is 4.98 Å². The van der Waals surface area contributed by atoms with E-state index in [-0.39, 0.29) is 11.7 Å². The molecule has 0 radical (unpaired) electrons. The molecule has 0 saturated carbocycles. The molecule has 2 aromatic heterocycles. The van der Waals surface area contributed by atoms with Gasteiger partial charge in [0.1, 0.15) is 0 Å². The van der Waals surface area contributed by atoms with Crippen LogP contribution in [0.25, 0.3) is 21.2 Å². The highest BCUT2D eigenvalue weighted by molar-refractivity contribution is 7.22. The Morgan fingerprint density at radius 3 is 2.66 bits per heavy atom. The number of carbonyl (C=O) groups excluding carboxylic acids is 1. The van der Waals surface area contributed by atoms with Gasteiger partial charge >= 0.3 is 0 Å². The summed E-state index contributed by atoms with van der Waals surface area (Å²) >= 11 is 1.52. The molecule has 0 fully saturated rings. The van der Waals surface area contributed by atoms with Gasteiger partial charge in [0.2, 0.25) is 0 Å². The van der Waals surface area contributed by atoms with Gasteiger partial charge in [-0.15, -0.1) is 0 Å². The molecule has 0 saturated heterocycles. The smallest absolute Gasteiger partial charge is 0.296 e. The fourth-order valence-corrected chi connectivity index (χ4v) is 4.75. The summed E-state index contributed by atoms with van der Waals surface area (Å²) in [7, 11) is 1.59. The second kappa shape index (κ2) is 8.48. The molecular formula is C26H22N2O3S. The van der Waals surface area contributed by atoms with Gasteiger partial charge in [-0.25, -0.2) is 4.98 Å². The van der Waals surface area contributed by atoms with Crippen LogP contribution < -0.4 is 9.64 Å². The van der Waals surface area contributed by atoms with Gasteiger partial charge in [-0.2, -0.15) is 0 Å². The number of furan rings is 1. The van der Waals surface area contributed by atoms with Crippen molar-refractivity contribution < 1.29 is 13.9 Å². The van der Waals surface area contributed by atoms with Crippen molar-refractivity contribution in [3.05, 3.63) is 89.7 Å². The zero-order valence-electron chi connectivity index (χ0n) is 17.9. The summed E-state index contributed by atoms with van der Waals surface area (Å²) in [5, 5.41) is 1.47. The van der Waals surface area contributed by atoms with Gasteiger partial charge in [-0.3, -0.25) is 9.69 Å². The van der Waals surface area contributed by atoms with Crippen LogP contribution >= 0.6 is 11.3 Å². The van der Waals surface area contributed by atoms with Gasteiger partial charge in [0.15, 0.2) is 22.2 Å². The highest BCUT2D eigenvalue weighted by atomic mass is 32.1. The number of anilines is 1. The van der Waals surface area contributed by atoms with Crippen LogP contribution in [0.5, 0.6) is 5.75 Å². The average molecular weight is 443 g/mol. The summed E-state index contributed by atoms with van der Waals surface area (Å²) in [4.78, 5) is 20.1. The Morgan fingerprint density at radius 1 is 1.03 bits per heavy atom. The first-order chi connectivity index (χ1) is 15.7. The number of amides is 1. The van der Waals surface area contributed by atoms with E-state index >= 15 is 0 Å². The average Bonchev–Trinajstić information content (AvgIpc) is 3.46. The lowest BCUT2D eigenvalue weighted by Gasteiger charge is -2.18. The Bertz CT molecular complexity index is 1400. The highest BCUT2D eigenvalue weighted by Crippen LogP contribution is 2.34. The quantitative estimate of drug-likeness (QED) is 0.303. The lowest BCUT2D eigenvalue weighted by atomic mass is 10.2. The standard InChI is InChI=1S/C26H22N2O3S/c1-3-17-12-13-20-23(14-17)32-26(27-20)28(16-18-8-5-4-6-9-18)25(29)22-15-19-10-7-11-21(30-2)24(19)31-22/h4-15H,3,16H2,1-2H3. The number of benzene rings is 3. The van der Waals surface area contributed by atoms with E-state index in [9.17, 15) is 4.79 Å². The zero-order chi connectivity index (χ0) is 22.1. The molecule has 160 valence electrons. The monoisotopic (exact) mass is 442 g/mol. The number of hydrogen-bond donors (Lipinski definition) is 0.